The summed E-state index contributed by atoms with van der Waals surface area (Å²) in [7, 11) is -3.83. The van der Waals surface area contributed by atoms with Crippen LogP contribution in [0.3, 0.4) is 0 Å². The van der Waals surface area contributed by atoms with Crippen LogP contribution in [-0.2, 0) is 16.4 Å². The quantitative estimate of drug-likeness (QED) is 0.678. The van der Waals surface area contributed by atoms with Gasteiger partial charge in [0, 0.05) is 38.0 Å². The van der Waals surface area contributed by atoms with Crippen molar-refractivity contribution in [3.8, 4) is 0 Å². The summed E-state index contributed by atoms with van der Waals surface area (Å²) in [4.78, 5) is 18.7. The van der Waals surface area contributed by atoms with Crippen LogP contribution in [0.1, 0.15) is 29.3 Å². The smallest absolute Gasteiger partial charge is 0.273 e. The molecular weight excluding hydrogens is 441 g/mol. The number of aromatic nitrogens is 1. The molecule has 28 heavy (non-hydrogen) atoms. The van der Waals surface area contributed by atoms with Gasteiger partial charge in [-0.25, -0.2) is 13.4 Å². The zero-order valence-corrected chi connectivity index (χ0v) is 18.7. The minimum Gasteiger partial charge on any atom is -0.335 e. The molecule has 1 amide bonds. The lowest BCUT2D eigenvalue weighted by Gasteiger charge is -2.34. The molecule has 3 rings (SSSR count). The summed E-state index contributed by atoms with van der Waals surface area (Å²) in [6, 6.07) is 4.59. The first-order valence-electron chi connectivity index (χ1n) is 8.88. The van der Waals surface area contributed by atoms with Crippen molar-refractivity contribution in [3.05, 3.63) is 44.3 Å². The highest BCUT2D eigenvalue weighted by molar-refractivity contribution is 7.89. The average Bonchev–Trinajstić information content (AvgIpc) is 3.08. The number of halogens is 2. The van der Waals surface area contributed by atoms with E-state index in [1.165, 1.54) is 27.8 Å². The van der Waals surface area contributed by atoms with Gasteiger partial charge in [0.25, 0.3) is 5.91 Å². The van der Waals surface area contributed by atoms with Crippen LogP contribution in [-0.4, -0.2) is 54.7 Å². The number of amides is 1. The number of sulfonamides is 1. The second-order valence-electron chi connectivity index (χ2n) is 6.97. The molecule has 1 aliphatic rings. The fourth-order valence-corrected chi connectivity index (χ4v) is 6.50. The maximum absolute atomic E-state index is 12.9. The van der Waals surface area contributed by atoms with E-state index in [-0.39, 0.29) is 47.0 Å². The Morgan fingerprint density at radius 2 is 1.79 bits per heavy atom. The summed E-state index contributed by atoms with van der Waals surface area (Å²) in [6.45, 7) is 5.15. The molecular formula is C18H21Cl2N3O3S2. The number of carbonyl (C=O) groups is 1. The molecule has 0 N–H and O–H groups in total. The van der Waals surface area contributed by atoms with Crippen LogP contribution in [0.15, 0.2) is 28.5 Å². The number of hydrogen-bond acceptors (Lipinski definition) is 5. The molecule has 0 bridgehead atoms. The topological polar surface area (TPSA) is 70.6 Å². The van der Waals surface area contributed by atoms with E-state index in [2.05, 4.69) is 18.8 Å². The Bertz CT molecular complexity index is 948. The zero-order chi connectivity index (χ0) is 20.5. The Balaban J connectivity index is 1.69. The molecule has 1 fully saturated rings. The molecule has 1 saturated heterocycles. The summed E-state index contributed by atoms with van der Waals surface area (Å²) in [5.74, 6) is 0.304. The fourth-order valence-electron chi connectivity index (χ4n) is 3.00. The van der Waals surface area contributed by atoms with Crippen molar-refractivity contribution in [1.82, 2.24) is 14.2 Å². The lowest BCUT2D eigenvalue weighted by Crippen LogP contribution is -2.50. The monoisotopic (exact) mass is 461 g/mol. The second kappa shape index (κ2) is 8.67. The molecule has 1 aromatic heterocycles. The Morgan fingerprint density at radius 3 is 2.36 bits per heavy atom. The van der Waals surface area contributed by atoms with Gasteiger partial charge < -0.3 is 4.90 Å². The lowest BCUT2D eigenvalue weighted by atomic mass is 10.1. The largest absolute Gasteiger partial charge is 0.335 e. The van der Waals surface area contributed by atoms with Crippen LogP contribution in [0.25, 0.3) is 0 Å². The highest BCUT2D eigenvalue weighted by atomic mass is 35.5. The molecule has 6 nitrogen and oxygen atoms in total. The number of thiazole rings is 1. The van der Waals surface area contributed by atoms with Crippen molar-refractivity contribution in [1.29, 1.82) is 0 Å². The third-order valence-corrected chi connectivity index (χ3v) is 8.12. The van der Waals surface area contributed by atoms with Gasteiger partial charge in [-0.15, -0.1) is 11.3 Å². The Morgan fingerprint density at radius 1 is 1.18 bits per heavy atom. The van der Waals surface area contributed by atoms with Crippen molar-refractivity contribution >= 4 is 50.5 Å². The maximum Gasteiger partial charge on any atom is 0.273 e. The standard InChI is InChI=1S/C18H21Cl2N3O3S2/c1-12(2)10-16-21-15(11-27-16)18(24)22-6-8-23(9-7-22)28(25,26)17-13(19)4-3-5-14(17)20/h3-5,11-12H,6-10H2,1-2H3. The van der Waals surface area contributed by atoms with Crippen LogP contribution in [0.4, 0.5) is 0 Å². The van der Waals surface area contributed by atoms with Gasteiger partial charge in [0.05, 0.1) is 15.1 Å². The van der Waals surface area contributed by atoms with E-state index < -0.39 is 10.0 Å². The predicted octanol–water partition coefficient (Wildman–Crippen LogP) is 3.80. The molecule has 0 unspecified atom stereocenters. The zero-order valence-electron chi connectivity index (χ0n) is 15.6. The molecule has 1 aromatic carbocycles. The van der Waals surface area contributed by atoms with Crippen LogP contribution in [0, 0.1) is 5.92 Å². The molecule has 0 spiro atoms. The third kappa shape index (κ3) is 4.52. The van der Waals surface area contributed by atoms with E-state index in [1.54, 1.807) is 16.3 Å². The summed E-state index contributed by atoms with van der Waals surface area (Å²) < 4.78 is 27.2. The van der Waals surface area contributed by atoms with Crippen molar-refractivity contribution < 1.29 is 13.2 Å². The number of carbonyl (C=O) groups excluding carboxylic acids is 1. The molecule has 0 radical (unpaired) electrons. The Kier molecular flexibility index (Phi) is 6.66. The van der Waals surface area contributed by atoms with Gasteiger partial charge in [0.1, 0.15) is 10.6 Å². The van der Waals surface area contributed by atoms with E-state index in [4.69, 9.17) is 23.2 Å². The fraction of sp³-hybridized carbons (Fsp3) is 0.444. The summed E-state index contributed by atoms with van der Waals surface area (Å²) >= 11 is 13.6. The van der Waals surface area contributed by atoms with Crippen molar-refractivity contribution in [2.45, 2.75) is 25.2 Å². The normalized spacial score (nSPS) is 16.0. The summed E-state index contributed by atoms with van der Waals surface area (Å²) in [6.07, 6.45) is 0.836. The van der Waals surface area contributed by atoms with Crippen molar-refractivity contribution in [2.24, 2.45) is 5.92 Å². The highest BCUT2D eigenvalue weighted by Crippen LogP contribution is 2.32. The first-order chi connectivity index (χ1) is 13.2. The van der Waals surface area contributed by atoms with Gasteiger partial charge in [-0.05, 0) is 18.1 Å². The van der Waals surface area contributed by atoms with Crippen LogP contribution in [0.5, 0.6) is 0 Å². The first-order valence-corrected chi connectivity index (χ1v) is 12.0. The van der Waals surface area contributed by atoms with Gasteiger partial charge in [-0.2, -0.15) is 4.31 Å². The molecule has 152 valence electrons. The van der Waals surface area contributed by atoms with Gasteiger partial charge in [0.15, 0.2) is 0 Å². The first kappa shape index (κ1) is 21.5. The lowest BCUT2D eigenvalue weighted by molar-refractivity contribution is 0.0692. The van der Waals surface area contributed by atoms with Gasteiger partial charge in [0.2, 0.25) is 10.0 Å². The van der Waals surface area contributed by atoms with Crippen LogP contribution < -0.4 is 0 Å². The molecule has 0 saturated carbocycles. The Labute approximate surface area is 179 Å². The van der Waals surface area contributed by atoms with E-state index in [0.29, 0.717) is 11.6 Å². The number of benzene rings is 1. The molecule has 0 aliphatic carbocycles. The van der Waals surface area contributed by atoms with Gasteiger partial charge in [-0.1, -0.05) is 43.1 Å². The molecule has 1 aliphatic heterocycles. The number of nitrogens with zero attached hydrogens (tertiary/aromatic N) is 3. The van der Waals surface area contributed by atoms with E-state index in [1.807, 2.05) is 0 Å². The predicted molar refractivity (Wildman–Crippen MR) is 112 cm³/mol. The second-order valence-corrected chi connectivity index (χ2v) is 10.6. The minimum absolute atomic E-state index is 0.0871. The number of hydrogen-bond donors (Lipinski definition) is 0. The Hall–Kier alpha value is -1.19. The molecule has 10 heteroatoms. The number of piperazine rings is 1. The van der Waals surface area contributed by atoms with Gasteiger partial charge in [-0.3, -0.25) is 4.79 Å². The highest BCUT2D eigenvalue weighted by Gasteiger charge is 2.33. The molecule has 2 aromatic rings. The molecule has 0 atom stereocenters. The summed E-state index contributed by atoms with van der Waals surface area (Å²) in [5, 5.41) is 2.89. The van der Waals surface area contributed by atoms with E-state index in [0.717, 1.165) is 11.4 Å². The average molecular weight is 462 g/mol. The summed E-state index contributed by atoms with van der Waals surface area (Å²) in [5.41, 5.74) is 0.422. The van der Waals surface area contributed by atoms with Crippen molar-refractivity contribution in [2.75, 3.05) is 26.2 Å². The SMILES string of the molecule is CC(C)Cc1nc(C(=O)N2CCN(S(=O)(=O)c3c(Cl)cccc3Cl)CC2)cs1. The van der Waals surface area contributed by atoms with Crippen LogP contribution in [0.2, 0.25) is 10.0 Å². The number of rotatable bonds is 5. The third-order valence-electron chi connectivity index (χ3n) is 4.40. The van der Waals surface area contributed by atoms with E-state index >= 15 is 0 Å². The van der Waals surface area contributed by atoms with E-state index in [9.17, 15) is 13.2 Å². The van der Waals surface area contributed by atoms with Crippen LogP contribution >= 0.6 is 34.5 Å². The molecule has 2 heterocycles. The van der Waals surface area contributed by atoms with Gasteiger partial charge >= 0.3 is 0 Å². The van der Waals surface area contributed by atoms with Crippen molar-refractivity contribution in [3.63, 3.8) is 0 Å². The maximum atomic E-state index is 12.9. The minimum atomic E-state index is -3.83.